The minimum atomic E-state index is 0.147. The first-order valence-electron chi connectivity index (χ1n) is 3.97. The maximum Gasteiger partial charge on any atom is 0.116 e. The summed E-state index contributed by atoms with van der Waals surface area (Å²) in [5.41, 5.74) is 5.71. The molecule has 0 aliphatic carbocycles. The number of ether oxygens (including phenoxy) is 1. The molecular weight excluding hydrogens is 186 g/mol. The molecule has 0 aromatic heterocycles. The smallest absolute Gasteiger partial charge is 0.116 e. The molecule has 0 amide bonds. The van der Waals surface area contributed by atoms with Crippen molar-refractivity contribution < 1.29 is 4.74 Å². The number of hydrogen-bond acceptors (Lipinski definition) is 4. The number of nitrogens with two attached hydrogens (primary N) is 1. The summed E-state index contributed by atoms with van der Waals surface area (Å²) < 4.78 is 5.16. The maximum absolute atomic E-state index is 8.68. The highest BCUT2D eigenvalue weighted by molar-refractivity contribution is 7.80. The molecule has 1 aliphatic heterocycles. The van der Waals surface area contributed by atoms with Gasteiger partial charge in [-0.3, -0.25) is 0 Å². The first-order valence-corrected chi connectivity index (χ1v) is 4.38. The Bertz CT molecular complexity index is 263. The molecule has 1 rings (SSSR count). The summed E-state index contributed by atoms with van der Waals surface area (Å²) in [6.45, 7) is 2.95. The zero-order chi connectivity index (χ0) is 9.68. The van der Waals surface area contributed by atoms with Gasteiger partial charge in [0.05, 0.1) is 13.2 Å². The van der Waals surface area contributed by atoms with Gasteiger partial charge in [-0.1, -0.05) is 12.2 Å². The van der Waals surface area contributed by atoms with Gasteiger partial charge in [-0.05, 0) is 0 Å². The third-order valence-electron chi connectivity index (χ3n) is 1.74. The second kappa shape index (κ2) is 4.80. The molecule has 0 saturated carbocycles. The molecule has 4 nitrogen and oxygen atoms in total. The van der Waals surface area contributed by atoms with E-state index >= 15 is 0 Å². The quantitative estimate of drug-likeness (QED) is 0.384. The van der Waals surface area contributed by atoms with Crippen LogP contribution in [0.25, 0.3) is 0 Å². The van der Waals surface area contributed by atoms with Gasteiger partial charge in [0.15, 0.2) is 0 Å². The van der Waals surface area contributed by atoms with E-state index in [9.17, 15) is 0 Å². The molecule has 70 valence electrons. The Balaban J connectivity index is 2.61. The van der Waals surface area contributed by atoms with E-state index in [2.05, 4.69) is 0 Å². The van der Waals surface area contributed by atoms with E-state index in [1.54, 1.807) is 6.20 Å². The van der Waals surface area contributed by atoms with E-state index in [0.717, 1.165) is 13.1 Å². The van der Waals surface area contributed by atoms with Crippen molar-refractivity contribution in [3.05, 3.63) is 11.8 Å². The number of nitrogens with zero attached hydrogens (tertiary/aromatic N) is 2. The monoisotopic (exact) mass is 197 g/mol. The molecule has 1 aliphatic rings. The fourth-order valence-corrected chi connectivity index (χ4v) is 1.14. The van der Waals surface area contributed by atoms with E-state index in [4.69, 9.17) is 28.0 Å². The lowest BCUT2D eigenvalue weighted by molar-refractivity contribution is 0.0593. The van der Waals surface area contributed by atoms with Crippen molar-refractivity contribution in [3.63, 3.8) is 0 Å². The van der Waals surface area contributed by atoms with Crippen LogP contribution in [0.15, 0.2) is 11.8 Å². The SMILES string of the molecule is N#CC(=CN1CCOCC1)C(N)=S. The Morgan fingerprint density at radius 1 is 1.54 bits per heavy atom. The van der Waals surface area contributed by atoms with Gasteiger partial charge in [-0.2, -0.15) is 5.26 Å². The maximum atomic E-state index is 8.68. The lowest BCUT2D eigenvalue weighted by atomic mass is 10.3. The van der Waals surface area contributed by atoms with Crippen molar-refractivity contribution in [2.24, 2.45) is 5.73 Å². The van der Waals surface area contributed by atoms with Crippen LogP contribution in [-0.2, 0) is 4.74 Å². The predicted molar refractivity (Wildman–Crippen MR) is 52.9 cm³/mol. The number of thiocarbonyl (C=S) groups is 1. The topological polar surface area (TPSA) is 62.3 Å². The molecule has 1 fully saturated rings. The Labute approximate surface area is 82.6 Å². The molecule has 1 heterocycles. The van der Waals surface area contributed by atoms with Crippen LogP contribution < -0.4 is 5.73 Å². The summed E-state index contributed by atoms with van der Waals surface area (Å²) in [6.07, 6.45) is 1.70. The molecule has 0 unspecified atom stereocenters. The third kappa shape index (κ3) is 3.01. The Kier molecular flexibility index (Phi) is 3.68. The first-order chi connectivity index (χ1) is 6.24. The largest absolute Gasteiger partial charge is 0.389 e. The normalized spacial score (nSPS) is 18.1. The summed E-state index contributed by atoms with van der Waals surface area (Å²) >= 11 is 4.71. The summed E-state index contributed by atoms with van der Waals surface area (Å²) in [6, 6.07) is 1.96. The Morgan fingerprint density at radius 2 is 2.15 bits per heavy atom. The van der Waals surface area contributed by atoms with Gasteiger partial charge in [0, 0.05) is 19.3 Å². The molecule has 0 radical (unpaired) electrons. The van der Waals surface area contributed by atoms with Crippen LogP contribution in [0.1, 0.15) is 0 Å². The third-order valence-corrected chi connectivity index (χ3v) is 1.96. The van der Waals surface area contributed by atoms with E-state index < -0.39 is 0 Å². The van der Waals surface area contributed by atoms with Gasteiger partial charge < -0.3 is 15.4 Å². The molecular formula is C8H11N3OS. The van der Waals surface area contributed by atoms with Gasteiger partial charge >= 0.3 is 0 Å². The number of nitriles is 1. The highest BCUT2D eigenvalue weighted by Gasteiger charge is 2.08. The fourth-order valence-electron chi connectivity index (χ4n) is 1.04. The van der Waals surface area contributed by atoms with Gasteiger partial charge in [0.25, 0.3) is 0 Å². The zero-order valence-electron chi connectivity index (χ0n) is 7.19. The van der Waals surface area contributed by atoms with Crippen LogP contribution >= 0.6 is 12.2 Å². The number of hydrogen-bond donors (Lipinski definition) is 1. The number of morpholine rings is 1. The van der Waals surface area contributed by atoms with E-state index in [-0.39, 0.29) is 4.99 Å². The summed E-state index contributed by atoms with van der Waals surface area (Å²) in [5, 5.41) is 8.68. The lowest BCUT2D eigenvalue weighted by Crippen LogP contribution is -2.33. The second-order valence-electron chi connectivity index (χ2n) is 2.67. The van der Waals surface area contributed by atoms with Crippen molar-refractivity contribution in [1.29, 1.82) is 5.26 Å². The molecule has 13 heavy (non-hydrogen) atoms. The zero-order valence-corrected chi connectivity index (χ0v) is 8.01. The van der Waals surface area contributed by atoms with Crippen LogP contribution in [0.2, 0.25) is 0 Å². The van der Waals surface area contributed by atoms with Gasteiger partial charge in [0.2, 0.25) is 0 Å². The van der Waals surface area contributed by atoms with Gasteiger partial charge in [-0.15, -0.1) is 0 Å². The van der Waals surface area contributed by atoms with Crippen LogP contribution in [0.3, 0.4) is 0 Å². The minimum Gasteiger partial charge on any atom is -0.389 e. The number of rotatable bonds is 2. The van der Waals surface area contributed by atoms with E-state index in [1.165, 1.54) is 0 Å². The van der Waals surface area contributed by atoms with Gasteiger partial charge in [0.1, 0.15) is 16.6 Å². The predicted octanol–water partition coefficient (Wildman–Crippen LogP) is 0.0122. The van der Waals surface area contributed by atoms with E-state index in [0.29, 0.717) is 18.8 Å². The van der Waals surface area contributed by atoms with Crippen molar-refractivity contribution in [2.45, 2.75) is 0 Å². The molecule has 0 aromatic rings. The van der Waals surface area contributed by atoms with Crippen LogP contribution in [-0.4, -0.2) is 36.2 Å². The Morgan fingerprint density at radius 3 is 2.62 bits per heavy atom. The molecule has 0 aromatic carbocycles. The first kappa shape index (κ1) is 9.96. The molecule has 1 saturated heterocycles. The van der Waals surface area contributed by atoms with Gasteiger partial charge in [-0.25, -0.2) is 0 Å². The van der Waals surface area contributed by atoms with Crippen LogP contribution in [0, 0.1) is 11.3 Å². The lowest BCUT2D eigenvalue weighted by Gasteiger charge is -2.25. The molecule has 0 spiro atoms. The van der Waals surface area contributed by atoms with Crippen molar-refractivity contribution in [3.8, 4) is 6.07 Å². The molecule has 2 N–H and O–H groups in total. The summed E-state index contributed by atoms with van der Waals surface area (Å²) in [4.78, 5) is 2.13. The highest BCUT2D eigenvalue weighted by atomic mass is 32.1. The van der Waals surface area contributed by atoms with Crippen molar-refractivity contribution >= 4 is 17.2 Å². The average molecular weight is 197 g/mol. The fraction of sp³-hybridized carbons (Fsp3) is 0.500. The minimum absolute atomic E-state index is 0.147. The van der Waals surface area contributed by atoms with Crippen LogP contribution in [0.5, 0.6) is 0 Å². The van der Waals surface area contributed by atoms with E-state index in [1.807, 2.05) is 11.0 Å². The summed E-state index contributed by atoms with van der Waals surface area (Å²) in [7, 11) is 0. The van der Waals surface area contributed by atoms with Crippen molar-refractivity contribution in [1.82, 2.24) is 4.90 Å². The van der Waals surface area contributed by atoms with Crippen molar-refractivity contribution in [2.75, 3.05) is 26.3 Å². The average Bonchev–Trinajstić information content (AvgIpc) is 2.15. The summed E-state index contributed by atoms with van der Waals surface area (Å²) in [5.74, 6) is 0. The van der Waals surface area contributed by atoms with Crippen LogP contribution in [0.4, 0.5) is 0 Å². The molecule has 0 bridgehead atoms. The highest BCUT2D eigenvalue weighted by Crippen LogP contribution is 2.01. The standard InChI is InChI=1S/C8H11N3OS/c9-5-7(8(10)13)6-11-1-3-12-4-2-11/h6H,1-4H2,(H2,10,13). The molecule has 0 atom stereocenters. The molecule has 5 heteroatoms. The second-order valence-corrected chi connectivity index (χ2v) is 3.11. The Hall–Kier alpha value is -1.12.